The highest BCUT2D eigenvalue weighted by atomic mass is 32.1. The standard InChI is InChI=1S/C17H19FN3O3PS/c1-3-23-25(22,24-4-2)15(12-8-5-6-9-13(12)18)21-17-20-14-10-7-11-19-16(14)26-17/h5-11,15H,3-4H2,1-2H3,(H,20,21). The Labute approximate surface area is 154 Å². The van der Waals surface area contributed by atoms with Gasteiger partial charge in [0.05, 0.1) is 13.2 Å². The average Bonchev–Trinajstić information content (AvgIpc) is 3.03. The molecule has 9 heteroatoms. The van der Waals surface area contributed by atoms with E-state index in [2.05, 4.69) is 15.3 Å². The van der Waals surface area contributed by atoms with Crippen molar-refractivity contribution in [3.63, 3.8) is 0 Å². The Kier molecular flexibility index (Phi) is 5.98. The Hall–Kier alpha value is -1.86. The number of pyridine rings is 1. The fourth-order valence-electron chi connectivity index (χ4n) is 2.52. The van der Waals surface area contributed by atoms with E-state index in [0.717, 1.165) is 4.83 Å². The monoisotopic (exact) mass is 395 g/mol. The number of halogens is 1. The topological polar surface area (TPSA) is 73.3 Å². The van der Waals surface area contributed by atoms with Crippen LogP contribution in [0.5, 0.6) is 0 Å². The molecule has 0 spiro atoms. The van der Waals surface area contributed by atoms with Gasteiger partial charge in [-0.3, -0.25) is 4.57 Å². The Morgan fingerprint density at radius 3 is 2.58 bits per heavy atom. The van der Waals surface area contributed by atoms with Crippen molar-refractivity contribution < 1.29 is 18.0 Å². The van der Waals surface area contributed by atoms with Gasteiger partial charge in [0.15, 0.2) is 10.9 Å². The van der Waals surface area contributed by atoms with E-state index < -0.39 is 19.2 Å². The highest BCUT2D eigenvalue weighted by Gasteiger charge is 2.39. The second-order valence-corrected chi connectivity index (χ2v) is 8.38. The largest absolute Gasteiger partial charge is 0.357 e. The molecule has 1 aromatic carbocycles. The fraction of sp³-hybridized carbons (Fsp3) is 0.294. The van der Waals surface area contributed by atoms with Gasteiger partial charge >= 0.3 is 7.60 Å². The third kappa shape index (κ3) is 3.94. The van der Waals surface area contributed by atoms with Gasteiger partial charge in [0.2, 0.25) is 0 Å². The van der Waals surface area contributed by atoms with Crippen LogP contribution in [0.4, 0.5) is 9.52 Å². The number of thiazole rings is 1. The summed E-state index contributed by atoms with van der Waals surface area (Å²) in [6.45, 7) is 3.77. The van der Waals surface area contributed by atoms with Crippen LogP contribution in [0.25, 0.3) is 10.3 Å². The third-order valence-corrected chi connectivity index (χ3v) is 6.75. The molecule has 1 unspecified atom stereocenters. The van der Waals surface area contributed by atoms with Gasteiger partial charge in [-0.25, -0.2) is 14.4 Å². The summed E-state index contributed by atoms with van der Waals surface area (Å²) in [6.07, 6.45) is 1.67. The first-order valence-electron chi connectivity index (χ1n) is 8.18. The van der Waals surface area contributed by atoms with Crippen molar-refractivity contribution in [3.05, 3.63) is 54.0 Å². The van der Waals surface area contributed by atoms with Crippen molar-refractivity contribution in [2.75, 3.05) is 18.5 Å². The molecule has 0 aliphatic heterocycles. The summed E-state index contributed by atoms with van der Waals surface area (Å²) in [5.41, 5.74) is 0.903. The van der Waals surface area contributed by atoms with E-state index in [1.54, 1.807) is 44.3 Å². The van der Waals surface area contributed by atoms with Crippen LogP contribution in [0.1, 0.15) is 25.2 Å². The smallest absolute Gasteiger partial charge is 0.344 e. The predicted molar refractivity (Wildman–Crippen MR) is 101 cm³/mol. The van der Waals surface area contributed by atoms with Crippen molar-refractivity contribution >= 4 is 34.4 Å². The van der Waals surface area contributed by atoms with E-state index >= 15 is 0 Å². The van der Waals surface area contributed by atoms with Gasteiger partial charge in [-0.1, -0.05) is 29.5 Å². The summed E-state index contributed by atoms with van der Waals surface area (Å²) in [4.78, 5) is 9.40. The molecule has 0 aliphatic carbocycles. The van der Waals surface area contributed by atoms with Gasteiger partial charge in [0.25, 0.3) is 0 Å². The maximum atomic E-state index is 14.5. The van der Waals surface area contributed by atoms with E-state index in [9.17, 15) is 8.96 Å². The minimum absolute atomic E-state index is 0.172. The SMILES string of the molecule is CCOP(=O)(OCC)C(Nc1nc2cccnc2s1)c1ccccc1F. The molecule has 0 aliphatic rings. The van der Waals surface area contributed by atoms with Gasteiger partial charge in [0, 0.05) is 11.8 Å². The molecule has 0 bridgehead atoms. The zero-order chi connectivity index (χ0) is 18.6. The minimum Gasteiger partial charge on any atom is -0.344 e. The number of fused-ring (bicyclic) bond motifs is 1. The molecule has 1 atom stereocenters. The summed E-state index contributed by atoms with van der Waals surface area (Å²) in [5, 5.41) is 3.51. The third-order valence-electron chi connectivity index (χ3n) is 3.56. The first kappa shape index (κ1) is 18.9. The number of nitrogens with one attached hydrogen (secondary N) is 1. The van der Waals surface area contributed by atoms with Crippen molar-refractivity contribution in [3.8, 4) is 0 Å². The summed E-state index contributed by atoms with van der Waals surface area (Å²) in [5.74, 6) is -1.52. The average molecular weight is 395 g/mol. The van der Waals surface area contributed by atoms with Crippen LogP contribution < -0.4 is 5.32 Å². The van der Waals surface area contributed by atoms with Crippen molar-refractivity contribution in [2.24, 2.45) is 0 Å². The molecule has 138 valence electrons. The Morgan fingerprint density at radius 1 is 1.19 bits per heavy atom. The lowest BCUT2D eigenvalue weighted by atomic mass is 10.2. The summed E-state index contributed by atoms with van der Waals surface area (Å²) >= 11 is 1.29. The van der Waals surface area contributed by atoms with Crippen molar-refractivity contribution in [1.29, 1.82) is 0 Å². The lowest BCUT2D eigenvalue weighted by molar-refractivity contribution is 0.213. The van der Waals surface area contributed by atoms with Crippen LogP contribution in [-0.2, 0) is 13.6 Å². The van der Waals surface area contributed by atoms with E-state index in [1.165, 1.54) is 17.4 Å². The number of aromatic nitrogens is 2. The van der Waals surface area contributed by atoms with E-state index in [4.69, 9.17) is 9.05 Å². The quantitative estimate of drug-likeness (QED) is 0.528. The lowest BCUT2D eigenvalue weighted by Gasteiger charge is -2.27. The first-order valence-corrected chi connectivity index (χ1v) is 10.6. The Balaban J connectivity index is 2.04. The highest BCUT2D eigenvalue weighted by Crippen LogP contribution is 2.61. The summed E-state index contributed by atoms with van der Waals surface area (Å²) in [6, 6.07) is 9.73. The zero-order valence-electron chi connectivity index (χ0n) is 14.4. The predicted octanol–water partition coefficient (Wildman–Crippen LogP) is 5.21. The number of benzene rings is 1. The van der Waals surface area contributed by atoms with Crippen LogP contribution in [0.15, 0.2) is 42.6 Å². The molecule has 0 fully saturated rings. The second-order valence-electron chi connectivity index (χ2n) is 5.29. The molecule has 0 saturated carbocycles. The number of hydrogen-bond acceptors (Lipinski definition) is 7. The van der Waals surface area contributed by atoms with Crippen LogP contribution >= 0.6 is 18.9 Å². The van der Waals surface area contributed by atoms with Crippen LogP contribution in [0.2, 0.25) is 0 Å². The fourth-order valence-corrected chi connectivity index (χ4v) is 5.36. The second kappa shape index (κ2) is 8.22. The molecule has 1 N–H and O–H groups in total. The molecule has 3 rings (SSSR count). The Bertz CT molecular complexity index is 893. The number of rotatable bonds is 8. The van der Waals surface area contributed by atoms with Crippen LogP contribution in [0.3, 0.4) is 0 Å². The molecule has 0 radical (unpaired) electrons. The maximum absolute atomic E-state index is 14.5. The molecular weight excluding hydrogens is 376 g/mol. The van der Waals surface area contributed by atoms with Gasteiger partial charge in [-0.15, -0.1) is 0 Å². The summed E-state index contributed by atoms with van der Waals surface area (Å²) < 4.78 is 38.7. The lowest BCUT2D eigenvalue weighted by Crippen LogP contribution is -2.16. The van der Waals surface area contributed by atoms with Crippen LogP contribution in [0, 0.1) is 5.82 Å². The van der Waals surface area contributed by atoms with E-state index in [-0.39, 0.29) is 18.8 Å². The van der Waals surface area contributed by atoms with Crippen molar-refractivity contribution in [1.82, 2.24) is 9.97 Å². The first-order chi connectivity index (χ1) is 12.6. The minimum atomic E-state index is -3.69. The van der Waals surface area contributed by atoms with Gasteiger partial charge in [0.1, 0.15) is 16.2 Å². The zero-order valence-corrected chi connectivity index (χ0v) is 16.1. The molecule has 0 saturated heterocycles. The molecule has 26 heavy (non-hydrogen) atoms. The molecule has 6 nitrogen and oxygen atoms in total. The number of nitrogens with zero attached hydrogens (tertiary/aromatic N) is 2. The number of hydrogen-bond donors (Lipinski definition) is 1. The van der Waals surface area contributed by atoms with Gasteiger partial charge in [-0.05, 0) is 32.0 Å². The molecule has 3 aromatic rings. The maximum Gasteiger partial charge on any atom is 0.357 e. The van der Waals surface area contributed by atoms with Crippen molar-refractivity contribution in [2.45, 2.75) is 19.6 Å². The highest BCUT2D eigenvalue weighted by molar-refractivity contribution is 7.54. The van der Waals surface area contributed by atoms with E-state index in [1.807, 2.05) is 6.07 Å². The Morgan fingerprint density at radius 2 is 1.92 bits per heavy atom. The molecule has 0 amide bonds. The number of anilines is 1. The van der Waals surface area contributed by atoms with Crippen LogP contribution in [-0.4, -0.2) is 23.2 Å². The van der Waals surface area contributed by atoms with Gasteiger partial charge in [-0.2, -0.15) is 0 Å². The van der Waals surface area contributed by atoms with Gasteiger partial charge < -0.3 is 14.4 Å². The normalized spacial score (nSPS) is 13.0. The molecule has 2 aromatic heterocycles. The van der Waals surface area contributed by atoms with E-state index in [0.29, 0.717) is 10.6 Å². The molecule has 2 heterocycles. The molecular formula is C17H19FN3O3PS. The summed E-state index contributed by atoms with van der Waals surface area (Å²) in [7, 11) is -3.69.